The predicted octanol–water partition coefficient (Wildman–Crippen LogP) is 0.790. The van der Waals surface area contributed by atoms with Crippen LogP contribution in [0.1, 0.15) is 0 Å². The molecule has 0 atom stereocenters. The van der Waals surface area contributed by atoms with Crippen LogP contribution >= 0.6 is 11.8 Å². The van der Waals surface area contributed by atoms with Crippen LogP contribution in [0.25, 0.3) is 5.65 Å². The van der Waals surface area contributed by atoms with Gasteiger partial charge in [0, 0.05) is 24.7 Å². The van der Waals surface area contributed by atoms with E-state index >= 15 is 0 Å². The van der Waals surface area contributed by atoms with Crippen molar-refractivity contribution in [2.75, 3.05) is 29.3 Å². The van der Waals surface area contributed by atoms with Crippen molar-refractivity contribution < 1.29 is 0 Å². The molecular weight excluding hydrogens is 224 g/mol. The van der Waals surface area contributed by atoms with Crippen LogP contribution in [0.2, 0.25) is 0 Å². The number of rotatable bonds is 5. The molecule has 7 heteroatoms. The summed E-state index contributed by atoms with van der Waals surface area (Å²) in [7, 11) is 0. The topological polar surface area (TPSA) is 80.3 Å². The quantitative estimate of drug-likeness (QED) is 0.406. The Morgan fingerprint density at radius 1 is 1.56 bits per heavy atom. The van der Waals surface area contributed by atoms with Crippen LogP contribution in [0.4, 0.5) is 11.6 Å². The van der Waals surface area contributed by atoms with Crippen LogP contribution in [0.3, 0.4) is 0 Å². The lowest BCUT2D eigenvalue weighted by atomic mass is 10.5. The number of thioether (sulfide) groups is 1. The highest BCUT2D eigenvalue weighted by atomic mass is 32.2. The smallest absolute Gasteiger partial charge is 0.180 e. The summed E-state index contributed by atoms with van der Waals surface area (Å²) >= 11 is 1.78. The minimum absolute atomic E-state index is 0.608. The second kappa shape index (κ2) is 5.04. The summed E-state index contributed by atoms with van der Waals surface area (Å²) in [4.78, 5) is 8.56. The standard InChI is InChI=1S/C9H14N6S/c1-16-5-3-11-8-9-12-2-4-15(9)6-7(13-8)14-10/h2,4,6,14H,3,5,10H2,1H3,(H,11,13). The number of hydrogen-bond acceptors (Lipinski definition) is 6. The number of anilines is 2. The molecule has 0 aliphatic carbocycles. The molecule has 4 N–H and O–H groups in total. The van der Waals surface area contributed by atoms with E-state index in [4.69, 9.17) is 5.84 Å². The van der Waals surface area contributed by atoms with Gasteiger partial charge in [0.1, 0.15) is 0 Å². The van der Waals surface area contributed by atoms with Gasteiger partial charge in [0.05, 0.1) is 6.20 Å². The van der Waals surface area contributed by atoms with Gasteiger partial charge in [-0.1, -0.05) is 0 Å². The number of hydrogen-bond donors (Lipinski definition) is 3. The SMILES string of the molecule is CSCCNc1nc(NN)cn2ccnc12. The summed E-state index contributed by atoms with van der Waals surface area (Å²) in [5.74, 6) is 7.73. The Kier molecular flexibility index (Phi) is 3.47. The summed E-state index contributed by atoms with van der Waals surface area (Å²) in [6.45, 7) is 0.852. The Bertz CT molecular complexity index is 468. The van der Waals surface area contributed by atoms with Crippen molar-refractivity contribution in [1.82, 2.24) is 14.4 Å². The van der Waals surface area contributed by atoms with Crippen molar-refractivity contribution >= 4 is 29.0 Å². The third-order valence-corrected chi connectivity index (χ3v) is 2.73. The van der Waals surface area contributed by atoms with Gasteiger partial charge >= 0.3 is 0 Å². The van der Waals surface area contributed by atoms with Crippen molar-refractivity contribution in [1.29, 1.82) is 0 Å². The van der Waals surface area contributed by atoms with Gasteiger partial charge in [0.2, 0.25) is 0 Å². The minimum atomic E-state index is 0.608. The zero-order chi connectivity index (χ0) is 11.4. The Labute approximate surface area is 97.6 Å². The maximum absolute atomic E-state index is 5.36. The van der Waals surface area contributed by atoms with E-state index in [2.05, 4.69) is 27.0 Å². The van der Waals surface area contributed by atoms with Crippen molar-refractivity contribution in [3.63, 3.8) is 0 Å². The van der Waals surface area contributed by atoms with E-state index in [9.17, 15) is 0 Å². The molecule has 0 amide bonds. The molecule has 0 spiro atoms. The number of hydrazine groups is 1. The molecule has 0 aromatic carbocycles. The molecule has 2 heterocycles. The van der Waals surface area contributed by atoms with E-state index in [1.54, 1.807) is 24.2 Å². The second-order valence-electron chi connectivity index (χ2n) is 3.20. The molecule has 2 aromatic heterocycles. The molecule has 6 nitrogen and oxygen atoms in total. The molecule has 0 radical (unpaired) electrons. The highest BCUT2D eigenvalue weighted by molar-refractivity contribution is 7.98. The van der Waals surface area contributed by atoms with Gasteiger partial charge in [-0.3, -0.25) is 0 Å². The molecule has 0 aliphatic heterocycles. The number of aromatic nitrogens is 3. The Morgan fingerprint density at radius 3 is 3.19 bits per heavy atom. The van der Waals surface area contributed by atoms with Crippen molar-refractivity contribution in [2.24, 2.45) is 5.84 Å². The van der Waals surface area contributed by atoms with Gasteiger partial charge in [-0.2, -0.15) is 11.8 Å². The molecule has 0 saturated heterocycles. The normalized spacial score (nSPS) is 10.6. The van der Waals surface area contributed by atoms with Crippen LogP contribution in [-0.4, -0.2) is 32.9 Å². The summed E-state index contributed by atoms with van der Waals surface area (Å²) in [6, 6.07) is 0. The van der Waals surface area contributed by atoms with Crippen LogP contribution < -0.4 is 16.6 Å². The lowest BCUT2D eigenvalue weighted by molar-refractivity contribution is 1.08. The Hall–Kier alpha value is -1.47. The number of nitrogen functional groups attached to an aromatic ring is 1. The average molecular weight is 238 g/mol. The summed E-state index contributed by atoms with van der Waals surface area (Å²) in [5, 5.41) is 3.24. The van der Waals surface area contributed by atoms with Crippen LogP contribution in [-0.2, 0) is 0 Å². The number of imidazole rings is 1. The van der Waals surface area contributed by atoms with Gasteiger partial charge in [-0.15, -0.1) is 0 Å². The largest absolute Gasteiger partial charge is 0.366 e. The molecule has 0 bridgehead atoms. The minimum Gasteiger partial charge on any atom is -0.366 e. The fourth-order valence-corrected chi connectivity index (χ4v) is 1.70. The maximum atomic E-state index is 5.36. The average Bonchev–Trinajstić information content (AvgIpc) is 2.77. The van der Waals surface area contributed by atoms with Gasteiger partial charge in [-0.25, -0.2) is 15.8 Å². The second-order valence-corrected chi connectivity index (χ2v) is 4.18. The molecule has 2 aromatic rings. The number of nitrogens with zero attached hydrogens (tertiary/aromatic N) is 3. The highest BCUT2D eigenvalue weighted by Crippen LogP contribution is 2.15. The lowest BCUT2D eigenvalue weighted by Gasteiger charge is -2.08. The highest BCUT2D eigenvalue weighted by Gasteiger charge is 2.05. The summed E-state index contributed by atoms with van der Waals surface area (Å²) in [6.07, 6.45) is 7.45. The first-order valence-corrected chi connectivity index (χ1v) is 6.27. The molecule has 0 saturated carbocycles. The van der Waals surface area contributed by atoms with Crippen molar-refractivity contribution in [3.8, 4) is 0 Å². The van der Waals surface area contributed by atoms with E-state index in [1.807, 2.05) is 10.6 Å². The number of nitrogens with one attached hydrogen (secondary N) is 2. The number of nitrogens with two attached hydrogens (primary N) is 1. The van der Waals surface area contributed by atoms with E-state index in [-0.39, 0.29) is 0 Å². The van der Waals surface area contributed by atoms with Gasteiger partial charge in [-0.05, 0) is 6.26 Å². The third-order valence-electron chi connectivity index (χ3n) is 2.12. The van der Waals surface area contributed by atoms with Crippen LogP contribution in [0, 0.1) is 0 Å². The monoisotopic (exact) mass is 238 g/mol. The van der Waals surface area contributed by atoms with Crippen LogP contribution in [0.5, 0.6) is 0 Å². The van der Waals surface area contributed by atoms with E-state index in [0.29, 0.717) is 5.82 Å². The van der Waals surface area contributed by atoms with E-state index in [0.717, 1.165) is 23.8 Å². The van der Waals surface area contributed by atoms with E-state index in [1.165, 1.54) is 0 Å². The first-order valence-electron chi connectivity index (χ1n) is 4.88. The van der Waals surface area contributed by atoms with Gasteiger partial charge in [0.15, 0.2) is 17.3 Å². The summed E-state index contributed by atoms with van der Waals surface area (Å²) < 4.78 is 1.88. The first-order chi connectivity index (χ1) is 7.85. The van der Waals surface area contributed by atoms with Crippen molar-refractivity contribution in [3.05, 3.63) is 18.6 Å². The lowest BCUT2D eigenvalue weighted by Crippen LogP contribution is -2.13. The predicted molar refractivity (Wildman–Crippen MR) is 67.7 cm³/mol. The fourth-order valence-electron chi connectivity index (χ4n) is 1.39. The van der Waals surface area contributed by atoms with Crippen LogP contribution in [0.15, 0.2) is 18.6 Å². The zero-order valence-electron chi connectivity index (χ0n) is 8.97. The molecule has 0 aliphatic rings. The maximum Gasteiger partial charge on any atom is 0.180 e. The van der Waals surface area contributed by atoms with E-state index < -0.39 is 0 Å². The Balaban J connectivity index is 2.29. The van der Waals surface area contributed by atoms with Gasteiger partial charge < -0.3 is 15.1 Å². The molecule has 16 heavy (non-hydrogen) atoms. The molecule has 0 fully saturated rings. The van der Waals surface area contributed by atoms with Gasteiger partial charge in [0.25, 0.3) is 0 Å². The molecule has 86 valence electrons. The van der Waals surface area contributed by atoms with Crippen molar-refractivity contribution in [2.45, 2.75) is 0 Å². The zero-order valence-corrected chi connectivity index (χ0v) is 9.79. The molecule has 0 unspecified atom stereocenters. The molecular formula is C9H14N6S. The number of fused-ring (bicyclic) bond motifs is 1. The Morgan fingerprint density at radius 2 is 2.44 bits per heavy atom. The first kappa shape index (κ1) is 11.0. The fraction of sp³-hybridized carbons (Fsp3) is 0.333. The summed E-state index contributed by atoms with van der Waals surface area (Å²) in [5.41, 5.74) is 3.34. The molecule has 2 rings (SSSR count). The third kappa shape index (κ3) is 2.20.